The number of aromatic amines is 1. The van der Waals surface area contributed by atoms with Crippen molar-refractivity contribution in [1.82, 2.24) is 9.97 Å². The largest absolute Gasteiger partial charge is 0.507 e. The van der Waals surface area contributed by atoms with Gasteiger partial charge >= 0.3 is 11.5 Å². The van der Waals surface area contributed by atoms with Crippen LogP contribution in [-0.2, 0) is 15.1 Å². The quantitative estimate of drug-likeness (QED) is 0.0516. The van der Waals surface area contributed by atoms with E-state index in [0.29, 0.717) is 5.56 Å². The molecule has 0 saturated heterocycles. The van der Waals surface area contributed by atoms with Crippen molar-refractivity contribution in [2.75, 3.05) is 5.73 Å². The summed E-state index contributed by atoms with van der Waals surface area (Å²) in [5.74, 6) is -2.40. The average molecular weight is 632 g/mol. The number of aromatic nitrogens is 2. The van der Waals surface area contributed by atoms with Crippen LogP contribution >= 0.6 is 0 Å². The molecule has 0 spiro atoms. The van der Waals surface area contributed by atoms with Gasteiger partial charge in [-0.3, -0.25) is 24.2 Å². The number of anilines is 1. The smallest absolute Gasteiger partial charge is 0.324 e. The number of aromatic hydroxyl groups is 2. The highest BCUT2D eigenvalue weighted by Crippen LogP contribution is 2.50. The molecule has 6 N–H and O–H groups in total. The third-order valence-corrected chi connectivity index (χ3v) is 8.37. The Morgan fingerprint density at radius 2 is 1.89 bits per heavy atom. The molecule has 0 saturated carbocycles. The lowest BCUT2D eigenvalue weighted by molar-refractivity contribution is -0.497. The first kappa shape index (κ1) is 32.1. The van der Waals surface area contributed by atoms with Crippen LogP contribution in [0.1, 0.15) is 79.6 Å². The van der Waals surface area contributed by atoms with Crippen molar-refractivity contribution in [2.24, 2.45) is 0 Å². The maximum atomic E-state index is 13.7. The number of aryl methyl sites for hydroxylation is 2. The molecule has 1 aliphatic rings. The first-order valence-corrected chi connectivity index (χ1v) is 14.6. The molecule has 3 unspecified atom stereocenters. The van der Waals surface area contributed by atoms with Crippen molar-refractivity contribution >= 4 is 51.3 Å². The topological polar surface area (TPSA) is 209 Å². The monoisotopic (exact) mass is 631 g/mol. The Kier molecular flexibility index (Phi) is 8.07. The maximum Gasteiger partial charge on any atom is 0.324 e. The number of carbonyl (C=O) groups excluding carboxylic acids is 2. The molecular formula is C33H35N4O9+. The molecular weight excluding hydrogens is 596 g/mol. The third-order valence-electron chi connectivity index (χ3n) is 8.37. The normalized spacial score (nSPS) is 17.3. The second kappa shape index (κ2) is 11.6. The van der Waals surface area contributed by atoms with Gasteiger partial charge in [0.05, 0.1) is 16.3 Å². The minimum Gasteiger partial charge on any atom is -0.507 e. The Hall–Kier alpha value is -5.30. The number of allylic oxidation sites excluding steroid dienone is 1. The number of ether oxygens (including phenoxy) is 1. The van der Waals surface area contributed by atoms with Crippen molar-refractivity contribution in [2.45, 2.75) is 72.1 Å². The zero-order valence-electron chi connectivity index (χ0n) is 26.2. The number of rotatable bonds is 6. The zero-order chi connectivity index (χ0) is 33.8. The second-order valence-corrected chi connectivity index (χ2v) is 11.5. The van der Waals surface area contributed by atoms with Gasteiger partial charge in [-0.1, -0.05) is 6.08 Å². The number of nitrogens with zero attached hydrogens (tertiary/aromatic N) is 2. The molecule has 13 heteroatoms. The molecule has 5 rings (SSSR count). The van der Waals surface area contributed by atoms with Gasteiger partial charge in [-0.15, -0.1) is 0 Å². The first-order chi connectivity index (χ1) is 21.6. The van der Waals surface area contributed by atoms with E-state index < -0.39 is 52.0 Å². The second-order valence-electron chi connectivity index (χ2n) is 11.5. The summed E-state index contributed by atoms with van der Waals surface area (Å²) in [6.07, 6.45) is 3.90. The minimum absolute atomic E-state index is 0.0272. The lowest BCUT2D eigenvalue weighted by Crippen LogP contribution is -2.44. The summed E-state index contributed by atoms with van der Waals surface area (Å²) in [5, 5.41) is 35.2. The third kappa shape index (κ3) is 5.02. The van der Waals surface area contributed by atoms with E-state index in [1.54, 1.807) is 46.1 Å². The molecule has 0 radical (unpaired) electrons. The van der Waals surface area contributed by atoms with Crippen LogP contribution in [0.4, 0.5) is 11.6 Å². The average Bonchev–Trinajstić information content (AvgIpc) is 2.96. The van der Waals surface area contributed by atoms with Gasteiger partial charge in [0.15, 0.2) is 16.8 Å². The number of ketones is 1. The molecule has 4 aromatic rings. The molecule has 13 nitrogen and oxygen atoms in total. The molecule has 1 aliphatic carbocycles. The highest BCUT2D eigenvalue weighted by molar-refractivity contribution is 6.17. The van der Waals surface area contributed by atoms with Gasteiger partial charge in [-0.25, -0.2) is 4.98 Å². The number of benzene rings is 2. The van der Waals surface area contributed by atoms with Crippen molar-refractivity contribution in [3.05, 3.63) is 73.0 Å². The fourth-order valence-corrected chi connectivity index (χ4v) is 6.37. The number of phenolic OH excluding ortho intramolecular Hbond substituents is 2. The lowest BCUT2D eigenvalue weighted by Gasteiger charge is -2.28. The number of fused-ring (bicyclic) bond motifs is 4. The van der Waals surface area contributed by atoms with Gasteiger partial charge in [0.2, 0.25) is 12.0 Å². The number of nitrogens with one attached hydrogen (secondary N) is 1. The number of hydrogen-bond acceptors (Lipinski definition) is 11. The van der Waals surface area contributed by atoms with E-state index in [1.165, 1.54) is 24.5 Å². The number of esters is 1. The Morgan fingerprint density at radius 1 is 1.20 bits per heavy atom. The molecule has 2 aromatic carbocycles. The fourth-order valence-electron chi connectivity index (χ4n) is 6.37. The molecule has 46 heavy (non-hydrogen) atoms. The number of phenols is 2. The van der Waals surface area contributed by atoms with Crippen LogP contribution in [0, 0.1) is 13.8 Å². The van der Waals surface area contributed by atoms with E-state index >= 15 is 0 Å². The van der Waals surface area contributed by atoms with Gasteiger partial charge in [-0.2, -0.15) is 4.58 Å². The lowest BCUT2D eigenvalue weighted by atomic mass is 9.83. The maximum absolute atomic E-state index is 13.7. The molecule has 0 bridgehead atoms. The van der Waals surface area contributed by atoms with Crippen LogP contribution in [0.25, 0.3) is 21.7 Å². The molecule has 3 atom stereocenters. The van der Waals surface area contributed by atoms with Crippen molar-refractivity contribution in [3.8, 4) is 11.5 Å². The first-order valence-electron chi connectivity index (χ1n) is 14.6. The van der Waals surface area contributed by atoms with Crippen molar-refractivity contribution < 1.29 is 38.6 Å². The van der Waals surface area contributed by atoms with E-state index in [-0.39, 0.29) is 68.8 Å². The number of Topliss-reactive ketones (excluding diaryl/α,β-unsaturated/α-hetero) is 1. The number of carbonyl (C=O) groups is 2. The number of nitrogens with two attached hydrogens (primary N) is 1. The van der Waals surface area contributed by atoms with Gasteiger partial charge in [0.1, 0.15) is 40.9 Å². The Balaban J connectivity index is 1.83. The van der Waals surface area contributed by atoms with Crippen LogP contribution in [0.15, 0.2) is 38.3 Å². The fraction of sp³-hybridized carbons (Fsp3) is 0.333. The van der Waals surface area contributed by atoms with Gasteiger partial charge in [-0.05, 0) is 51.8 Å². The van der Waals surface area contributed by atoms with Crippen molar-refractivity contribution in [1.29, 1.82) is 0 Å². The zero-order valence-corrected chi connectivity index (χ0v) is 26.2. The SMILES string of the molecule is CC=[N+](c1c(C)nc(N)[nH]c1=O)C(/C=C\C)C(C)(O)c1cc(=O)c2c(C)cc3c(O)c4c(c(O)c3c2o1)C(=O)CCC4OC(C)=O. The standard InChI is InChI=1S/C33H34N4O9/c1-7-9-21(37(8-2)27-15(4)35-32(34)36-31(27)43)33(6,44)22-13-19(40)23-14(3)12-17-24(30(23)46-22)29(42)25-18(39)10-11-20(45-16(5)38)26(25)28(17)41/h7-9,12-13,20-21,44H,10-11H2,1-6H3,(H4-,34,35,36,39,40,41,42,43)/p+1/b9-7-,37-8?. The number of aliphatic hydroxyl groups is 1. The molecule has 0 aliphatic heterocycles. The van der Waals surface area contributed by atoms with Crippen LogP contribution < -0.4 is 16.7 Å². The molecule has 0 amide bonds. The van der Waals surface area contributed by atoms with Gasteiger partial charge in [0.25, 0.3) is 5.69 Å². The van der Waals surface area contributed by atoms with Gasteiger partial charge in [0, 0.05) is 37.3 Å². The summed E-state index contributed by atoms with van der Waals surface area (Å²) >= 11 is 0. The van der Waals surface area contributed by atoms with Crippen LogP contribution in [0.3, 0.4) is 0 Å². The summed E-state index contributed by atoms with van der Waals surface area (Å²) in [7, 11) is 0. The number of H-pyrrole nitrogens is 1. The van der Waals surface area contributed by atoms with E-state index in [0.717, 1.165) is 6.07 Å². The summed E-state index contributed by atoms with van der Waals surface area (Å²) in [6, 6.07) is 1.57. The predicted octanol–water partition coefficient (Wildman–Crippen LogP) is 3.81. The van der Waals surface area contributed by atoms with Crippen LogP contribution in [0.5, 0.6) is 11.5 Å². The Morgan fingerprint density at radius 3 is 2.50 bits per heavy atom. The van der Waals surface area contributed by atoms with E-state index in [1.807, 2.05) is 0 Å². The molecule has 2 heterocycles. The Bertz CT molecular complexity index is 2140. The van der Waals surface area contributed by atoms with Gasteiger partial charge < -0.3 is 30.2 Å². The molecule has 0 fully saturated rings. The summed E-state index contributed by atoms with van der Waals surface area (Å²) < 4.78 is 13.1. The number of hydrogen-bond donors (Lipinski definition) is 5. The van der Waals surface area contributed by atoms with E-state index in [2.05, 4.69) is 9.97 Å². The van der Waals surface area contributed by atoms with E-state index in [9.17, 15) is 34.5 Å². The Labute approximate surface area is 262 Å². The van der Waals surface area contributed by atoms with Crippen LogP contribution in [0.2, 0.25) is 0 Å². The predicted molar refractivity (Wildman–Crippen MR) is 170 cm³/mol. The van der Waals surface area contributed by atoms with Crippen molar-refractivity contribution in [3.63, 3.8) is 0 Å². The van der Waals surface area contributed by atoms with Crippen LogP contribution in [-0.4, -0.2) is 53.9 Å². The molecule has 240 valence electrons. The highest BCUT2D eigenvalue weighted by atomic mass is 16.5. The summed E-state index contributed by atoms with van der Waals surface area (Å²) in [6.45, 7) is 9.17. The molecule has 2 aromatic heterocycles. The highest BCUT2D eigenvalue weighted by Gasteiger charge is 2.45. The van der Waals surface area contributed by atoms with E-state index in [4.69, 9.17) is 14.9 Å². The summed E-state index contributed by atoms with van der Waals surface area (Å²) in [5.41, 5.74) is 2.91. The minimum atomic E-state index is -2.01. The summed E-state index contributed by atoms with van der Waals surface area (Å²) in [4.78, 5) is 58.3. The number of nitrogen functional groups attached to an aromatic ring is 1.